The highest BCUT2D eigenvalue weighted by molar-refractivity contribution is 6.07. The van der Waals surface area contributed by atoms with Crippen LogP contribution < -0.4 is 10.7 Å². The second-order valence-electron chi connectivity index (χ2n) is 5.68. The van der Waals surface area contributed by atoms with Gasteiger partial charge in [-0.05, 0) is 35.9 Å². The summed E-state index contributed by atoms with van der Waals surface area (Å²) in [4.78, 5) is 23.4. The fraction of sp³-hybridized carbons (Fsp3) is 0.167. The average molecular weight is 325 g/mol. The van der Waals surface area contributed by atoms with Gasteiger partial charge in [-0.25, -0.2) is 9.82 Å². The molecule has 1 aliphatic heterocycles. The van der Waals surface area contributed by atoms with Crippen molar-refractivity contribution in [1.82, 2.24) is 5.43 Å². The average Bonchev–Trinajstić information content (AvgIpc) is 2.56. The molecule has 0 fully saturated rings. The fourth-order valence-corrected chi connectivity index (χ4v) is 2.56. The number of carbonyl (C=O) groups is 2. The van der Waals surface area contributed by atoms with Crippen molar-refractivity contribution < 1.29 is 14.0 Å². The van der Waals surface area contributed by atoms with Crippen LogP contribution in [-0.4, -0.2) is 17.5 Å². The molecule has 0 aliphatic carbocycles. The summed E-state index contributed by atoms with van der Waals surface area (Å²) in [5, 5.41) is 6.82. The Bertz CT molecular complexity index is 815. The lowest BCUT2D eigenvalue weighted by Crippen LogP contribution is -2.31. The van der Waals surface area contributed by atoms with Crippen LogP contribution in [0, 0.1) is 11.7 Å². The van der Waals surface area contributed by atoms with E-state index >= 15 is 0 Å². The van der Waals surface area contributed by atoms with Crippen LogP contribution in [0.25, 0.3) is 0 Å². The summed E-state index contributed by atoms with van der Waals surface area (Å²) in [6, 6.07) is 12.7. The van der Waals surface area contributed by atoms with E-state index in [9.17, 15) is 14.0 Å². The highest BCUT2D eigenvalue weighted by Gasteiger charge is 2.21. The van der Waals surface area contributed by atoms with Crippen LogP contribution in [-0.2, 0) is 4.79 Å². The molecule has 1 heterocycles. The van der Waals surface area contributed by atoms with Gasteiger partial charge in [0.05, 0.1) is 5.71 Å². The van der Waals surface area contributed by atoms with Crippen LogP contribution in [0.5, 0.6) is 0 Å². The van der Waals surface area contributed by atoms with Crippen molar-refractivity contribution in [1.29, 1.82) is 0 Å². The number of hydrazone groups is 1. The molecule has 0 spiro atoms. The number of amides is 2. The van der Waals surface area contributed by atoms with Gasteiger partial charge in [-0.1, -0.05) is 25.1 Å². The summed E-state index contributed by atoms with van der Waals surface area (Å²) in [6.07, 6.45) is 0.400. The van der Waals surface area contributed by atoms with Crippen LogP contribution in [0.3, 0.4) is 0 Å². The van der Waals surface area contributed by atoms with Gasteiger partial charge in [-0.3, -0.25) is 9.59 Å². The molecule has 1 unspecified atom stereocenters. The fourth-order valence-electron chi connectivity index (χ4n) is 2.56. The number of carbonyl (C=O) groups excluding carboxylic acids is 2. The summed E-state index contributed by atoms with van der Waals surface area (Å²) >= 11 is 0. The Labute approximate surface area is 138 Å². The van der Waals surface area contributed by atoms with Crippen molar-refractivity contribution in [3.8, 4) is 0 Å². The molecule has 2 aromatic carbocycles. The monoisotopic (exact) mass is 325 g/mol. The minimum absolute atomic E-state index is 0.0338. The minimum atomic E-state index is -0.454. The molecule has 0 saturated heterocycles. The Hall–Kier alpha value is -3.02. The molecule has 2 amide bonds. The van der Waals surface area contributed by atoms with Gasteiger partial charge in [0.25, 0.3) is 5.91 Å². The summed E-state index contributed by atoms with van der Waals surface area (Å²) in [5.74, 6) is -0.890. The van der Waals surface area contributed by atoms with E-state index in [1.165, 1.54) is 18.2 Å². The first-order chi connectivity index (χ1) is 11.5. The molecular formula is C18H16FN3O2. The number of nitrogens with zero attached hydrogens (tertiary/aromatic N) is 1. The summed E-state index contributed by atoms with van der Waals surface area (Å²) in [5.41, 5.74) is 5.02. The third-order valence-electron chi connectivity index (χ3n) is 3.78. The molecule has 0 bridgehead atoms. The van der Waals surface area contributed by atoms with Gasteiger partial charge in [-0.15, -0.1) is 0 Å². The summed E-state index contributed by atoms with van der Waals surface area (Å²) in [6.45, 7) is 1.94. The van der Waals surface area contributed by atoms with Crippen LogP contribution in [0.4, 0.5) is 10.1 Å². The number of rotatable bonds is 3. The first-order valence-corrected chi connectivity index (χ1v) is 7.57. The Kier molecular flexibility index (Phi) is 4.37. The molecule has 2 aromatic rings. The number of hydrogen-bond donors (Lipinski definition) is 2. The van der Waals surface area contributed by atoms with Crippen LogP contribution in [0.15, 0.2) is 53.6 Å². The second kappa shape index (κ2) is 6.62. The number of nitrogens with one attached hydrogen (secondary N) is 2. The maximum Gasteiger partial charge on any atom is 0.255 e. The Morgan fingerprint density at radius 3 is 2.67 bits per heavy atom. The zero-order valence-electron chi connectivity index (χ0n) is 13.0. The number of benzene rings is 2. The molecule has 1 aliphatic rings. The lowest BCUT2D eigenvalue weighted by atomic mass is 9.94. The highest BCUT2D eigenvalue weighted by Crippen LogP contribution is 2.19. The van der Waals surface area contributed by atoms with E-state index in [0.717, 1.165) is 11.3 Å². The van der Waals surface area contributed by atoms with Gasteiger partial charge in [0, 0.05) is 23.6 Å². The lowest BCUT2D eigenvalue weighted by Gasteiger charge is -2.19. The van der Waals surface area contributed by atoms with E-state index in [-0.39, 0.29) is 23.3 Å². The molecule has 0 aromatic heterocycles. The van der Waals surface area contributed by atoms with E-state index in [1.54, 1.807) is 18.2 Å². The van der Waals surface area contributed by atoms with Gasteiger partial charge >= 0.3 is 0 Å². The molecule has 24 heavy (non-hydrogen) atoms. The normalized spacial score (nSPS) is 17.0. The van der Waals surface area contributed by atoms with Crippen molar-refractivity contribution in [2.24, 2.45) is 11.0 Å². The van der Waals surface area contributed by atoms with Crippen molar-refractivity contribution in [3.05, 3.63) is 65.5 Å². The summed E-state index contributed by atoms with van der Waals surface area (Å²) in [7, 11) is 0. The predicted octanol–water partition coefficient (Wildman–Crippen LogP) is 2.94. The number of hydrogen-bond acceptors (Lipinski definition) is 3. The van der Waals surface area contributed by atoms with Crippen molar-refractivity contribution in [2.75, 3.05) is 5.32 Å². The zero-order valence-corrected chi connectivity index (χ0v) is 13.0. The molecule has 1 atom stereocenters. The SMILES string of the molecule is CC1CC(=O)NN=C1c1ccc(NC(=O)c2cccc(F)c2)cc1. The molecular weight excluding hydrogens is 309 g/mol. The molecule has 0 radical (unpaired) electrons. The van der Waals surface area contributed by atoms with Crippen molar-refractivity contribution >= 4 is 23.2 Å². The van der Waals surface area contributed by atoms with Gasteiger partial charge in [0.2, 0.25) is 5.91 Å². The number of anilines is 1. The largest absolute Gasteiger partial charge is 0.322 e. The topological polar surface area (TPSA) is 70.6 Å². The van der Waals surface area contributed by atoms with Gasteiger partial charge in [0.1, 0.15) is 5.82 Å². The maximum absolute atomic E-state index is 13.2. The smallest absolute Gasteiger partial charge is 0.255 e. The minimum Gasteiger partial charge on any atom is -0.322 e. The summed E-state index contributed by atoms with van der Waals surface area (Å²) < 4.78 is 13.2. The third kappa shape index (κ3) is 3.48. The Balaban J connectivity index is 1.73. The Morgan fingerprint density at radius 2 is 2.00 bits per heavy atom. The third-order valence-corrected chi connectivity index (χ3v) is 3.78. The van der Waals surface area contributed by atoms with Gasteiger partial charge in [0.15, 0.2) is 0 Å². The second-order valence-corrected chi connectivity index (χ2v) is 5.68. The van der Waals surface area contributed by atoms with E-state index in [4.69, 9.17) is 0 Å². The lowest BCUT2D eigenvalue weighted by molar-refractivity contribution is -0.121. The van der Waals surface area contributed by atoms with Crippen molar-refractivity contribution in [3.63, 3.8) is 0 Å². The molecule has 2 N–H and O–H groups in total. The van der Waals surface area contributed by atoms with E-state index < -0.39 is 5.82 Å². The number of halogens is 1. The van der Waals surface area contributed by atoms with E-state index in [1.807, 2.05) is 19.1 Å². The van der Waals surface area contributed by atoms with Crippen LogP contribution in [0.2, 0.25) is 0 Å². The van der Waals surface area contributed by atoms with Crippen molar-refractivity contribution in [2.45, 2.75) is 13.3 Å². The van der Waals surface area contributed by atoms with Gasteiger partial charge in [-0.2, -0.15) is 5.10 Å². The molecule has 0 saturated carbocycles. The van der Waals surface area contributed by atoms with Gasteiger partial charge < -0.3 is 5.32 Å². The molecule has 5 nitrogen and oxygen atoms in total. The van der Waals surface area contributed by atoms with Crippen LogP contribution >= 0.6 is 0 Å². The zero-order chi connectivity index (χ0) is 17.1. The Morgan fingerprint density at radius 1 is 1.25 bits per heavy atom. The highest BCUT2D eigenvalue weighted by atomic mass is 19.1. The molecule has 6 heteroatoms. The predicted molar refractivity (Wildman–Crippen MR) is 89.3 cm³/mol. The first-order valence-electron chi connectivity index (χ1n) is 7.57. The molecule has 3 rings (SSSR count). The maximum atomic E-state index is 13.2. The quantitative estimate of drug-likeness (QED) is 0.911. The standard InChI is InChI=1S/C18H16FN3O2/c1-11-9-16(23)21-22-17(11)12-5-7-15(8-6-12)20-18(24)13-3-2-4-14(19)10-13/h2-8,10-11H,9H2,1H3,(H,20,24)(H,21,23). The van der Waals surface area contributed by atoms with Crippen LogP contribution in [0.1, 0.15) is 29.3 Å². The molecule has 122 valence electrons. The first kappa shape index (κ1) is 15.9. The van der Waals surface area contributed by atoms with E-state index in [2.05, 4.69) is 15.8 Å². The van der Waals surface area contributed by atoms with E-state index in [0.29, 0.717) is 12.1 Å².